The molecule has 2 fully saturated rings. The predicted molar refractivity (Wildman–Crippen MR) is 115 cm³/mol. The molecule has 3 amide bonds. The minimum Gasteiger partial charge on any atom is -0.469 e. The lowest BCUT2D eigenvalue weighted by atomic mass is 9.82. The number of nitrogens with one attached hydrogen (secondary N) is 1. The molecule has 8 heteroatoms. The highest BCUT2D eigenvalue weighted by molar-refractivity contribution is 6.11. The monoisotopic (exact) mass is 431 g/mol. The summed E-state index contributed by atoms with van der Waals surface area (Å²) in [4.78, 5) is 50.7. The number of ketones is 1. The maximum absolute atomic E-state index is 13.0. The van der Waals surface area contributed by atoms with Crippen molar-refractivity contribution >= 4 is 23.7 Å². The molecule has 0 atom stereocenters. The molecule has 170 valence electrons. The molecule has 2 aliphatic rings. The summed E-state index contributed by atoms with van der Waals surface area (Å²) in [5.74, 6) is -0.678. The van der Waals surface area contributed by atoms with E-state index in [1.165, 1.54) is 7.11 Å². The third-order valence-electron chi connectivity index (χ3n) is 6.62. The molecule has 0 radical (unpaired) electrons. The minimum atomic E-state index is -0.809. The molecule has 3 rings (SSSR count). The highest BCUT2D eigenvalue weighted by Gasteiger charge is 2.51. The number of urea groups is 1. The molecule has 1 aliphatic heterocycles. The van der Waals surface area contributed by atoms with Crippen molar-refractivity contribution in [2.24, 2.45) is 0 Å². The van der Waals surface area contributed by atoms with Gasteiger partial charge in [-0.1, -0.05) is 25.7 Å². The van der Waals surface area contributed by atoms with Gasteiger partial charge in [-0.2, -0.15) is 0 Å². The van der Waals surface area contributed by atoms with Crippen molar-refractivity contribution in [2.75, 3.05) is 13.7 Å². The Bertz CT molecular complexity index is 867. The molecule has 1 saturated heterocycles. The third kappa shape index (κ3) is 4.83. The molecule has 1 aliphatic carbocycles. The minimum absolute atomic E-state index is 0.197. The quantitative estimate of drug-likeness (QED) is 0.280. The standard InChI is InChI=1S/C23H33N3O5/c1-16-14-18(17(2)25(16)13-9-4-6-10-20(28)31-3)19(27)15-26-21(29)23(24-22(26)30)11-7-5-8-12-23/h14H,4-13,15H2,1-3H3,(H,24,30). The van der Waals surface area contributed by atoms with Gasteiger partial charge in [0.15, 0.2) is 5.78 Å². The molecule has 1 spiro atoms. The zero-order chi connectivity index (χ0) is 22.6. The van der Waals surface area contributed by atoms with Crippen LogP contribution in [0, 0.1) is 13.8 Å². The van der Waals surface area contributed by atoms with Crippen LogP contribution in [0.5, 0.6) is 0 Å². The number of Topliss-reactive ketones (excluding diaryl/α,β-unsaturated/α-hetero) is 1. The summed E-state index contributed by atoms with van der Waals surface area (Å²) in [5.41, 5.74) is 1.55. The Morgan fingerprint density at radius 1 is 1.10 bits per heavy atom. The fourth-order valence-corrected chi connectivity index (χ4v) is 4.79. The van der Waals surface area contributed by atoms with E-state index in [1.807, 2.05) is 19.9 Å². The Kier molecular flexibility index (Phi) is 7.18. The Balaban J connectivity index is 1.61. The zero-order valence-electron chi connectivity index (χ0n) is 18.8. The summed E-state index contributed by atoms with van der Waals surface area (Å²) in [6.45, 7) is 4.36. The third-order valence-corrected chi connectivity index (χ3v) is 6.62. The largest absolute Gasteiger partial charge is 0.469 e. The van der Waals surface area contributed by atoms with Gasteiger partial charge < -0.3 is 14.6 Å². The van der Waals surface area contributed by atoms with Gasteiger partial charge in [-0.3, -0.25) is 19.3 Å². The average Bonchev–Trinajstić information content (AvgIpc) is 3.16. The number of carbonyl (C=O) groups excluding carboxylic acids is 4. The summed E-state index contributed by atoms with van der Waals surface area (Å²) < 4.78 is 6.73. The number of methoxy groups -OCH3 is 1. The fourth-order valence-electron chi connectivity index (χ4n) is 4.79. The van der Waals surface area contributed by atoms with Crippen LogP contribution in [0.2, 0.25) is 0 Å². The number of hydrogen-bond donors (Lipinski definition) is 1. The molecule has 2 heterocycles. The van der Waals surface area contributed by atoms with E-state index in [1.54, 1.807) is 0 Å². The second-order valence-corrected chi connectivity index (χ2v) is 8.71. The number of nitrogens with zero attached hydrogens (tertiary/aromatic N) is 2. The first kappa shape index (κ1) is 23.0. The Morgan fingerprint density at radius 2 is 1.81 bits per heavy atom. The van der Waals surface area contributed by atoms with Crippen LogP contribution >= 0.6 is 0 Å². The number of aromatic nitrogens is 1. The Morgan fingerprint density at radius 3 is 2.48 bits per heavy atom. The van der Waals surface area contributed by atoms with Gasteiger partial charge in [-0.25, -0.2) is 4.79 Å². The van der Waals surface area contributed by atoms with Crippen LogP contribution in [0.15, 0.2) is 6.07 Å². The Labute approximate surface area is 183 Å². The molecule has 1 N–H and O–H groups in total. The van der Waals surface area contributed by atoms with Gasteiger partial charge >= 0.3 is 12.0 Å². The summed E-state index contributed by atoms with van der Waals surface area (Å²) in [5, 5.41) is 2.86. The molecule has 1 aromatic rings. The maximum Gasteiger partial charge on any atom is 0.325 e. The van der Waals surface area contributed by atoms with E-state index in [2.05, 4.69) is 14.6 Å². The van der Waals surface area contributed by atoms with Crippen LogP contribution in [-0.4, -0.2) is 52.4 Å². The highest BCUT2D eigenvalue weighted by atomic mass is 16.5. The number of amides is 3. The van der Waals surface area contributed by atoms with E-state index in [0.717, 1.165) is 61.4 Å². The lowest BCUT2D eigenvalue weighted by Gasteiger charge is -2.30. The smallest absolute Gasteiger partial charge is 0.325 e. The van der Waals surface area contributed by atoms with Gasteiger partial charge in [0.1, 0.15) is 5.54 Å². The fraction of sp³-hybridized carbons (Fsp3) is 0.652. The molecule has 0 aromatic carbocycles. The van der Waals surface area contributed by atoms with E-state index in [-0.39, 0.29) is 24.2 Å². The molecule has 0 unspecified atom stereocenters. The molecule has 1 saturated carbocycles. The van der Waals surface area contributed by atoms with E-state index in [4.69, 9.17) is 0 Å². The van der Waals surface area contributed by atoms with Crippen LogP contribution in [-0.2, 0) is 20.9 Å². The zero-order valence-corrected chi connectivity index (χ0v) is 18.8. The van der Waals surface area contributed by atoms with Gasteiger partial charge in [0.2, 0.25) is 0 Å². The van der Waals surface area contributed by atoms with E-state index in [0.29, 0.717) is 24.8 Å². The average molecular weight is 432 g/mol. The van der Waals surface area contributed by atoms with Gasteiger partial charge in [0.25, 0.3) is 5.91 Å². The van der Waals surface area contributed by atoms with Crippen molar-refractivity contribution in [1.82, 2.24) is 14.8 Å². The number of ether oxygens (including phenoxy) is 1. The van der Waals surface area contributed by atoms with Crippen LogP contribution < -0.4 is 5.32 Å². The number of imide groups is 1. The van der Waals surface area contributed by atoms with E-state index in [9.17, 15) is 19.2 Å². The van der Waals surface area contributed by atoms with Gasteiger partial charge in [0, 0.05) is 29.9 Å². The maximum atomic E-state index is 13.0. The summed E-state index contributed by atoms with van der Waals surface area (Å²) in [7, 11) is 1.39. The summed E-state index contributed by atoms with van der Waals surface area (Å²) >= 11 is 0. The van der Waals surface area contributed by atoms with Gasteiger partial charge in [0.05, 0.1) is 13.7 Å². The molecular weight excluding hydrogens is 398 g/mol. The van der Waals surface area contributed by atoms with Crippen molar-refractivity contribution in [3.63, 3.8) is 0 Å². The molecular formula is C23H33N3O5. The SMILES string of the molecule is COC(=O)CCCCCn1c(C)cc(C(=O)CN2C(=O)NC3(CCCCC3)C2=O)c1C. The van der Waals surface area contributed by atoms with Gasteiger partial charge in [-0.15, -0.1) is 0 Å². The Hall–Kier alpha value is -2.64. The number of rotatable bonds is 9. The highest BCUT2D eigenvalue weighted by Crippen LogP contribution is 2.33. The number of carbonyl (C=O) groups is 4. The van der Waals surface area contributed by atoms with Crippen molar-refractivity contribution in [1.29, 1.82) is 0 Å². The molecule has 8 nitrogen and oxygen atoms in total. The number of hydrogen-bond acceptors (Lipinski definition) is 5. The first-order chi connectivity index (χ1) is 14.8. The molecule has 0 bridgehead atoms. The molecule has 1 aromatic heterocycles. The van der Waals surface area contributed by atoms with Crippen LogP contribution in [0.25, 0.3) is 0 Å². The van der Waals surface area contributed by atoms with E-state index >= 15 is 0 Å². The first-order valence-electron chi connectivity index (χ1n) is 11.2. The second kappa shape index (κ2) is 9.66. The number of esters is 1. The number of unbranched alkanes of at least 4 members (excludes halogenated alkanes) is 2. The van der Waals surface area contributed by atoms with Crippen molar-refractivity contribution in [3.8, 4) is 0 Å². The van der Waals surface area contributed by atoms with Gasteiger partial charge in [-0.05, 0) is 45.6 Å². The number of aryl methyl sites for hydroxylation is 1. The van der Waals surface area contributed by atoms with Crippen molar-refractivity contribution < 1.29 is 23.9 Å². The second-order valence-electron chi connectivity index (χ2n) is 8.71. The molecule has 31 heavy (non-hydrogen) atoms. The van der Waals surface area contributed by atoms with Crippen LogP contribution in [0.3, 0.4) is 0 Å². The van der Waals surface area contributed by atoms with Crippen LogP contribution in [0.4, 0.5) is 4.79 Å². The topological polar surface area (TPSA) is 97.7 Å². The van der Waals surface area contributed by atoms with E-state index < -0.39 is 11.6 Å². The summed E-state index contributed by atoms with van der Waals surface area (Å²) in [6, 6.07) is 1.38. The van der Waals surface area contributed by atoms with Crippen molar-refractivity contribution in [3.05, 3.63) is 23.0 Å². The lowest BCUT2D eigenvalue weighted by Crippen LogP contribution is -2.48. The summed E-state index contributed by atoms with van der Waals surface area (Å²) in [6.07, 6.45) is 7.14. The first-order valence-corrected chi connectivity index (χ1v) is 11.2. The van der Waals surface area contributed by atoms with Crippen LogP contribution in [0.1, 0.15) is 79.5 Å². The lowest BCUT2D eigenvalue weighted by molar-refractivity contribution is -0.140. The normalized spacial score (nSPS) is 17.8. The van der Waals surface area contributed by atoms with Crippen molar-refractivity contribution in [2.45, 2.75) is 83.7 Å². The predicted octanol–water partition coefficient (Wildman–Crippen LogP) is 3.28.